The molecule has 7 heteroatoms. The maximum absolute atomic E-state index is 15.9. The first-order chi connectivity index (χ1) is 16.5. The molecule has 3 aromatic carbocycles. The number of carbonyl (C=O) groups is 1. The van der Waals surface area contributed by atoms with Crippen LogP contribution in [0.1, 0.15) is 35.6 Å². The van der Waals surface area contributed by atoms with Gasteiger partial charge in [-0.3, -0.25) is 5.10 Å². The molecule has 5 nitrogen and oxygen atoms in total. The first kappa shape index (κ1) is 23.4. The standard InChI is InChI=1S/C27H23ClFN3O2/c1-3-18(19-10-9-17(28)13-16(19)14-30)26(20-7-5-6-8-24(20)34-25(33)4-2)21-11-12-23-22(27(21)29)15-31-32-23/h4-13,15H,2-3,14,30H2,1H3,(H,31,32)/b26-18+. The predicted molar refractivity (Wildman–Crippen MR) is 134 cm³/mol. The average molecular weight is 476 g/mol. The highest BCUT2D eigenvalue weighted by molar-refractivity contribution is 6.30. The zero-order valence-electron chi connectivity index (χ0n) is 18.6. The van der Waals surface area contributed by atoms with Crippen molar-refractivity contribution in [2.24, 2.45) is 5.73 Å². The maximum atomic E-state index is 15.9. The number of allylic oxidation sites excluding steroid dienone is 1. The van der Waals surface area contributed by atoms with Crippen molar-refractivity contribution in [3.8, 4) is 5.75 Å². The van der Waals surface area contributed by atoms with E-state index < -0.39 is 11.8 Å². The van der Waals surface area contributed by atoms with Gasteiger partial charge in [0.05, 0.1) is 17.1 Å². The highest BCUT2D eigenvalue weighted by Gasteiger charge is 2.23. The average Bonchev–Trinajstić information content (AvgIpc) is 3.34. The van der Waals surface area contributed by atoms with E-state index >= 15 is 4.39 Å². The Labute approximate surface area is 201 Å². The lowest BCUT2D eigenvalue weighted by Gasteiger charge is -2.21. The number of hydrogen-bond acceptors (Lipinski definition) is 4. The molecule has 1 heterocycles. The van der Waals surface area contributed by atoms with Crippen molar-refractivity contribution in [2.45, 2.75) is 19.9 Å². The molecule has 34 heavy (non-hydrogen) atoms. The van der Waals surface area contributed by atoms with E-state index in [9.17, 15) is 4.79 Å². The number of nitrogens with zero attached hydrogens (tertiary/aromatic N) is 1. The molecule has 0 radical (unpaired) electrons. The van der Waals surface area contributed by atoms with Crippen LogP contribution in [-0.2, 0) is 11.3 Å². The molecule has 0 saturated carbocycles. The lowest BCUT2D eigenvalue weighted by Crippen LogP contribution is -2.08. The van der Waals surface area contributed by atoms with Gasteiger partial charge in [-0.1, -0.05) is 49.4 Å². The Balaban J connectivity index is 2.10. The van der Waals surface area contributed by atoms with Crippen molar-refractivity contribution in [1.82, 2.24) is 10.2 Å². The third-order valence-electron chi connectivity index (χ3n) is 5.63. The number of aromatic amines is 1. The van der Waals surface area contributed by atoms with Crippen LogP contribution in [0.4, 0.5) is 4.39 Å². The molecule has 0 atom stereocenters. The number of nitrogens with one attached hydrogen (secondary N) is 1. The summed E-state index contributed by atoms with van der Waals surface area (Å²) in [4.78, 5) is 12.1. The molecule has 0 saturated heterocycles. The number of esters is 1. The number of aromatic nitrogens is 2. The van der Waals surface area contributed by atoms with E-state index in [4.69, 9.17) is 22.1 Å². The Morgan fingerprint density at radius 2 is 1.94 bits per heavy atom. The number of nitrogens with two attached hydrogens (primary N) is 1. The lowest BCUT2D eigenvalue weighted by atomic mass is 9.85. The lowest BCUT2D eigenvalue weighted by molar-refractivity contribution is -0.128. The van der Waals surface area contributed by atoms with Gasteiger partial charge in [-0.25, -0.2) is 9.18 Å². The van der Waals surface area contributed by atoms with Crippen LogP contribution in [0.25, 0.3) is 22.0 Å². The van der Waals surface area contributed by atoms with Gasteiger partial charge in [0.1, 0.15) is 11.6 Å². The van der Waals surface area contributed by atoms with Gasteiger partial charge in [0.2, 0.25) is 0 Å². The zero-order valence-corrected chi connectivity index (χ0v) is 19.3. The number of hydrogen-bond donors (Lipinski definition) is 2. The van der Waals surface area contributed by atoms with E-state index in [0.717, 1.165) is 22.8 Å². The summed E-state index contributed by atoms with van der Waals surface area (Å²) < 4.78 is 21.4. The van der Waals surface area contributed by atoms with Crippen molar-refractivity contribution in [1.29, 1.82) is 0 Å². The minimum Gasteiger partial charge on any atom is -0.423 e. The van der Waals surface area contributed by atoms with Crippen molar-refractivity contribution >= 4 is 39.6 Å². The van der Waals surface area contributed by atoms with Crippen LogP contribution in [-0.4, -0.2) is 16.2 Å². The van der Waals surface area contributed by atoms with Crippen LogP contribution >= 0.6 is 11.6 Å². The molecule has 0 fully saturated rings. The van der Waals surface area contributed by atoms with Crippen molar-refractivity contribution < 1.29 is 13.9 Å². The van der Waals surface area contributed by atoms with Crippen LogP contribution in [0.15, 0.2) is 73.4 Å². The van der Waals surface area contributed by atoms with Gasteiger partial charge in [-0.15, -0.1) is 0 Å². The summed E-state index contributed by atoms with van der Waals surface area (Å²) >= 11 is 6.22. The highest BCUT2D eigenvalue weighted by Crippen LogP contribution is 2.41. The summed E-state index contributed by atoms with van der Waals surface area (Å²) in [5, 5.41) is 7.69. The number of carbonyl (C=O) groups excluding carboxylic acids is 1. The normalized spacial score (nSPS) is 11.9. The van der Waals surface area contributed by atoms with Crippen molar-refractivity contribution in [2.75, 3.05) is 0 Å². The SMILES string of the molecule is C=CC(=O)Oc1ccccc1/C(=C(/CC)c1ccc(Cl)cc1CN)c1ccc2[nH]ncc2c1F. The van der Waals surface area contributed by atoms with Gasteiger partial charge in [0.25, 0.3) is 0 Å². The summed E-state index contributed by atoms with van der Waals surface area (Å²) in [7, 11) is 0. The Hall–Kier alpha value is -3.74. The van der Waals surface area contributed by atoms with Gasteiger partial charge < -0.3 is 10.5 Å². The molecule has 1 aromatic heterocycles. The van der Waals surface area contributed by atoms with Gasteiger partial charge in [-0.05, 0) is 59.0 Å². The quantitative estimate of drug-likeness (QED) is 0.143. The van der Waals surface area contributed by atoms with E-state index in [2.05, 4.69) is 16.8 Å². The van der Waals surface area contributed by atoms with E-state index in [-0.39, 0.29) is 6.54 Å². The van der Waals surface area contributed by atoms with Crippen molar-refractivity contribution in [3.05, 3.63) is 107 Å². The fraction of sp³-hybridized carbons (Fsp3) is 0.111. The van der Waals surface area contributed by atoms with Crippen LogP contribution < -0.4 is 10.5 Å². The van der Waals surface area contributed by atoms with Gasteiger partial charge in [-0.2, -0.15) is 5.10 Å². The van der Waals surface area contributed by atoms with Crippen LogP contribution in [0.3, 0.4) is 0 Å². The van der Waals surface area contributed by atoms with Gasteiger partial charge in [0, 0.05) is 28.8 Å². The number of halogens is 2. The van der Waals surface area contributed by atoms with E-state index in [1.54, 1.807) is 36.4 Å². The second-order valence-corrected chi connectivity index (χ2v) is 8.03. The predicted octanol–water partition coefficient (Wildman–Crippen LogP) is 6.27. The molecule has 0 amide bonds. The number of benzene rings is 3. The number of para-hydroxylation sites is 1. The minimum absolute atomic E-state index is 0.253. The largest absolute Gasteiger partial charge is 0.423 e. The maximum Gasteiger partial charge on any atom is 0.335 e. The molecule has 0 unspecified atom stereocenters. The van der Waals surface area contributed by atoms with Crippen LogP contribution in [0, 0.1) is 5.82 Å². The van der Waals surface area contributed by atoms with Crippen LogP contribution in [0.2, 0.25) is 5.02 Å². The van der Waals surface area contributed by atoms with Gasteiger partial charge >= 0.3 is 5.97 Å². The third-order valence-corrected chi connectivity index (χ3v) is 5.86. The molecule has 0 spiro atoms. The van der Waals surface area contributed by atoms with Crippen molar-refractivity contribution in [3.63, 3.8) is 0 Å². The fourth-order valence-electron chi connectivity index (χ4n) is 4.09. The smallest absolute Gasteiger partial charge is 0.335 e. The minimum atomic E-state index is -0.607. The molecule has 3 N–H and O–H groups in total. The Morgan fingerprint density at radius 1 is 1.18 bits per heavy atom. The molecular formula is C27H23ClFN3O2. The zero-order chi connectivity index (χ0) is 24.2. The molecule has 172 valence electrons. The molecule has 0 aliphatic rings. The summed E-state index contributed by atoms with van der Waals surface area (Å²) in [5.41, 5.74) is 10.6. The molecule has 0 bridgehead atoms. The highest BCUT2D eigenvalue weighted by atomic mass is 35.5. The van der Waals surface area contributed by atoms with E-state index in [1.807, 2.05) is 25.1 Å². The summed E-state index contributed by atoms with van der Waals surface area (Å²) in [6.07, 6.45) is 3.09. The Morgan fingerprint density at radius 3 is 2.68 bits per heavy atom. The topological polar surface area (TPSA) is 81.0 Å². The first-order valence-corrected chi connectivity index (χ1v) is 11.1. The Kier molecular flexibility index (Phi) is 6.91. The summed E-state index contributed by atoms with van der Waals surface area (Å²) in [6, 6.07) is 16.0. The number of rotatable bonds is 7. The summed E-state index contributed by atoms with van der Waals surface area (Å²) in [5.74, 6) is -0.742. The van der Waals surface area contributed by atoms with E-state index in [1.165, 1.54) is 6.20 Å². The first-order valence-electron chi connectivity index (χ1n) is 10.8. The fourth-order valence-corrected chi connectivity index (χ4v) is 4.28. The molecule has 4 rings (SSSR count). The molecular weight excluding hydrogens is 453 g/mol. The number of fused-ring (bicyclic) bond motifs is 1. The summed E-state index contributed by atoms with van der Waals surface area (Å²) in [6.45, 7) is 5.71. The second-order valence-electron chi connectivity index (χ2n) is 7.59. The molecule has 4 aromatic rings. The monoisotopic (exact) mass is 475 g/mol. The molecule has 0 aliphatic heterocycles. The molecule has 0 aliphatic carbocycles. The number of ether oxygens (including phenoxy) is 1. The Bertz CT molecular complexity index is 1420. The number of H-pyrrole nitrogens is 1. The van der Waals surface area contributed by atoms with Crippen LogP contribution in [0.5, 0.6) is 5.75 Å². The second kappa shape index (κ2) is 10.0. The van der Waals surface area contributed by atoms with Gasteiger partial charge in [0.15, 0.2) is 0 Å². The third kappa shape index (κ3) is 4.38. The van der Waals surface area contributed by atoms with E-state index in [0.29, 0.717) is 44.8 Å².